The number of nitrogens with one attached hydrogen (secondary N) is 3. The summed E-state index contributed by atoms with van der Waals surface area (Å²) in [7, 11) is 1.63. The van der Waals surface area contributed by atoms with Crippen LogP contribution in [0.3, 0.4) is 0 Å². The maximum atomic E-state index is 12.3. The number of nitrogens with zero attached hydrogens (tertiary/aromatic N) is 1. The topological polar surface area (TPSA) is 79.0 Å². The van der Waals surface area contributed by atoms with Crippen LogP contribution in [0.2, 0.25) is 0 Å². The molecular formula is C20H20N4O2S. The maximum absolute atomic E-state index is 12.3. The Balaban J connectivity index is 1.28. The standard InChI is InChI=1S/C20H20N4O2S/c1-26-14-7-8-16-13(11-14)12-17(23-16)20(25)22-10-4-9-21-19-15-5-2-3-6-18(15)27-24-19/h2-3,5-8,11-12,23H,4,9-10H2,1H3,(H,21,24)(H,22,25). The number of hydrogen-bond donors (Lipinski definition) is 3. The summed E-state index contributed by atoms with van der Waals surface area (Å²) in [5.74, 6) is 1.57. The second-order valence-corrected chi connectivity index (χ2v) is 7.00. The summed E-state index contributed by atoms with van der Waals surface area (Å²) in [5.41, 5.74) is 1.47. The highest BCUT2D eigenvalue weighted by Gasteiger charge is 2.10. The number of carbonyl (C=O) groups is 1. The largest absolute Gasteiger partial charge is 0.497 e. The van der Waals surface area contributed by atoms with Gasteiger partial charge in [0, 0.05) is 29.4 Å². The number of benzene rings is 2. The molecule has 27 heavy (non-hydrogen) atoms. The van der Waals surface area contributed by atoms with Crippen molar-refractivity contribution < 1.29 is 9.53 Å². The zero-order valence-electron chi connectivity index (χ0n) is 14.9. The molecule has 7 heteroatoms. The van der Waals surface area contributed by atoms with Gasteiger partial charge < -0.3 is 20.4 Å². The number of hydrogen-bond acceptors (Lipinski definition) is 5. The minimum atomic E-state index is -0.107. The Morgan fingerprint density at radius 2 is 2.07 bits per heavy atom. The molecule has 138 valence electrons. The molecule has 2 heterocycles. The first-order valence-corrected chi connectivity index (χ1v) is 9.55. The first kappa shape index (κ1) is 17.4. The van der Waals surface area contributed by atoms with Gasteiger partial charge in [0.25, 0.3) is 5.91 Å². The second-order valence-electron chi connectivity index (χ2n) is 6.20. The quantitative estimate of drug-likeness (QED) is 0.423. The lowest BCUT2D eigenvalue weighted by molar-refractivity contribution is 0.0949. The van der Waals surface area contributed by atoms with E-state index >= 15 is 0 Å². The zero-order chi connectivity index (χ0) is 18.6. The van der Waals surface area contributed by atoms with Crippen molar-refractivity contribution in [3.05, 3.63) is 54.2 Å². The molecule has 0 aliphatic heterocycles. The average molecular weight is 380 g/mol. The van der Waals surface area contributed by atoms with Crippen LogP contribution in [0, 0.1) is 0 Å². The minimum Gasteiger partial charge on any atom is -0.497 e. The Morgan fingerprint density at radius 3 is 2.96 bits per heavy atom. The zero-order valence-corrected chi connectivity index (χ0v) is 15.7. The summed E-state index contributed by atoms with van der Waals surface area (Å²) < 4.78 is 10.8. The average Bonchev–Trinajstić information content (AvgIpc) is 3.31. The SMILES string of the molecule is COc1ccc2[nH]c(C(=O)NCCCNc3nsc4ccccc34)cc2c1. The normalized spacial score (nSPS) is 11.0. The number of aromatic amines is 1. The Morgan fingerprint density at radius 1 is 1.19 bits per heavy atom. The van der Waals surface area contributed by atoms with Crippen molar-refractivity contribution in [1.82, 2.24) is 14.7 Å². The van der Waals surface area contributed by atoms with Gasteiger partial charge in [-0.3, -0.25) is 4.79 Å². The molecular weight excluding hydrogens is 360 g/mol. The van der Waals surface area contributed by atoms with E-state index in [1.165, 1.54) is 16.2 Å². The third-order valence-corrected chi connectivity index (χ3v) is 5.21. The lowest BCUT2D eigenvalue weighted by atomic mass is 10.2. The summed E-state index contributed by atoms with van der Waals surface area (Å²) in [6.45, 7) is 1.34. The maximum Gasteiger partial charge on any atom is 0.267 e. The number of ether oxygens (including phenoxy) is 1. The number of amides is 1. The molecule has 0 bridgehead atoms. The summed E-state index contributed by atoms with van der Waals surface area (Å²) in [5, 5.41) is 8.38. The molecule has 0 aliphatic rings. The van der Waals surface area contributed by atoms with Crippen molar-refractivity contribution in [3.63, 3.8) is 0 Å². The molecule has 6 nitrogen and oxygen atoms in total. The summed E-state index contributed by atoms with van der Waals surface area (Å²) in [6.07, 6.45) is 0.811. The van der Waals surface area contributed by atoms with E-state index in [-0.39, 0.29) is 5.91 Å². The second kappa shape index (κ2) is 7.67. The molecule has 2 aromatic carbocycles. The lowest BCUT2D eigenvalue weighted by Crippen LogP contribution is -2.26. The van der Waals surface area contributed by atoms with E-state index in [1.54, 1.807) is 7.11 Å². The van der Waals surface area contributed by atoms with Gasteiger partial charge >= 0.3 is 0 Å². The van der Waals surface area contributed by atoms with Crippen molar-refractivity contribution >= 4 is 44.2 Å². The van der Waals surface area contributed by atoms with E-state index < -0.39 is 0 Å². The Bertz CT molecular complexity index is 1090. The highest BCUT2D eigenvalue weighted by molar-refractivity contribution is 7.13. The molecule has 0 saturated heterocycles. The van der Waals surface area contributed by atoms with Crippen LogP contribution < -0.4 is 15.4 Å². The Kier molecular flexibility index (Phi) is 4.93. The van der Waals surface area contributed by atoms with Gasteiger partial charge in [-0.2, -0.15) is 4.37 Å². The van der Waals surface area contributed by atoms with Gasteiger partial charge in [-0.25, -0.2) is 0 Å². The number of anilines is 1. The van der Waals surface area contributed by atoms with Gasteiger partial charge in [0.05, 0.1) is 11.8 Å². The van der Waals surface area contributed by atoms with Gasteiger partial charge in [-0.05, 0) is 54.4 Å². The predicted octanol–water partition coefficient (Wildman–Crippen LogP) is 4.02. The molecule has 0 spiro atoms. The molecule has 4 rings (SSSR count). The van der Waals surface area contributed by atoms with Crippen molar-refractivity contribution in [3.8, 4) is 5.75 Å². The van der Waals surface area contributed by atoms with E-state index in [4.69, 9.17) is 4.74 Å². The van der Waals surface area contributed by atoms with E-state index in [0.29, 0.717) is 12.2 Å². The van der Waals surface area contributed by atoms with Gasteiger partial charge in [-0.1, -0.05) is 12.1 Å². The summed E-state index contributed by atoms with van der Waals surface area (Å²) in [4.78, 5) is 15.5. The van der Waals surface area contributed by atoms with Crippen molar-refractivity contribution in [1.29, 1.82) is 0 Å². The van der Waals surface area contributed by atoms with Crippen molar-refractivity contribution in [2.75, 3.05) is 25.5 Å². The van der Waals surface area contributed by atoms with Gasteiger partial charge in [-0.15, -0.1) is 0 Å². The fraction of sp³-hybridized carbons (Fsp3) is 0.200. The van der Waals surface area contributed by atoms with Gasteiger partial charge in [0.1, 0.15) is 17.3 Å². The van der Waals surface area contributed by atoms with Crippen LogP contribution in [0.1, 0.15) is 16.9 Å². The highest BCUT2D eigenvalue weighted by Crippen LogP contribution is 2.26. The molecule has 0 atom stereocenters. The number of fused-ring (bicyclic) bond motifs is 2. The van der Waals surface area contributed by atoms with Crippen LogP contribution in [0.4, 0.5) is 5.82 Å². The molecule has 0 saturated carbocycles. The molecule has 2 aromatic heterocycles. The fourth-order valence-electron chi connectivity index (χ4n) is 2.97. The number of H-pyrrole nitrogens is 1. The molecule has 0 unspecified atom stereocenters. The van der Waals surface area contributed by atoms with Crippen LogP contribution >= 0.6 is 11.5 Å². The molecule has 1 amide bonds. The first-order valence-electron chi connectivity index (χ1n) is 8.78. The lowest BCUT2D eigenvalue weighted by Gasteiger charge is -2.05. The number of methoxy groups -OCH3 is 1. The first-order chi connectivity index (χ1) is 13.2. The third kappa shape index (κ3) is 3.73. The smallest absolute Gasteiger partial charge is 0.267 e. The molecule has 0 fully saturated rings. The third-order valence-electron chi connectivity index (χ3n) is 4.38. The van der Waals surface area contributed by atoms with Gasteiger partial charge in [0.15, 0.2) is 0 Å². The monoisotopic (exact) mass is 380 g/mol. The number of aromatic nitrogens is 2. The predicted molar refractivity (Wildman–Crippen MR) is 110 cm³/mol. The van der Waals surface area contributed by atoms with Crippen LogP contribution in [0.5, 0.6) is 5.75 Å². The van der Waals surface area contributed by atoms with Crippen LogP contribution in [-0.4, -0.2) is 35.5 Å². The van der Waals surface area contributed by atoms with E-state index in [0.717, 1.165) is 40.8 Å². The van der Waals surface area contributed by atoms with Crippen LogP contribution in [-0.2, 0) is 0 Å². The van der Waals surface area contributed by atoms with E-state index in [2.05, 4.69) is 32.1 Å². The number of rotatable bonds is 7. The number of carbonyl (C=O) groups excluding carboxylic acids is 1. The Labute approximate surface area is 160 Å². The highest BCUT2D eigenvalue weighted by atomic mass is 32.1. The van der Waals surface area contributed by atoms with E-state index in [9.17, 15) is 4.79 Å². The summed E-state index contributed by atoms with van der Waals surface area (Å²) in [6, 6.07) is 15.7. The van der Waals surface area contributed by atoms with E-state index in [1.807, 2.05) is 36.4 Å². The fourth-order valence-corrected chi connectivity index (χ4v) is 3.72. The van der Waals surface area contributed by atoms with Crippen LogP contribution in [0.15, 0.2) is 48.5 Å². The van der Waals surface area contributed by atoms with Gasteiger partial charge in [0.2, 0.25) is 0 Å². The Hall–Kier alpha value is -3.06. The molecule has 0 radical (unpaired) electrons. The molecule has 3 N–H and O–H groups in total. The molecule has 0 aliphatic carbocycles. The van der Waals surface area contributed by atoms with Crippen molar-refractivity contribution in [2.24, 2.45) is 0 Å². The summed E-state index contributed by atoms with van der Waals surface area (Å²) >= 11 is 1.49. The molecule has 4 aromatic rings. The minimum absolute atomic E-state index is 0.107. The van der Waals surface area contributed by atoms with Crippen molar-refractivity contribution in [2.45, 2.75) is 6.42 Å². The van der Waals surface area contributed by atoms with Crippen LogP contribution in [0.25, 0.3) is 21.0 Å².